The SMILES string of the molecule is Cl.O=C(Cc1ccc(Cl)cc1)NCCC1CCCNC1. The lowest BCUT2D eigenvalue weighted by Gasteiger charge is -2.22. The van der Waals surface area contributed by atoms with Crippen LogP contribution in [0.25, 0.3) is 0 Å². The van der Waals surface area contributed by atoms with Crippen LogP contribution in [0.15, 0.2) is 24.3 Å². The molecular formula is C15H22Cl2N2O. The van der Waals surface area contributed by atoms with Gasteiger partial charge in [0.05, 0.1) is 6.42 Å². The van der Waals surface area contributed by atoms with Crippen LogP contribution in [-0.2, 0) is 11.2 Å². The maximum absolute atomic E-state index is 11.8. The van der Waals surface area contributed by atoms with Crippen LogP contribution in [-0.4, -0.2) is 25.5 Å². The zero-order valence-corrected chi connectivity index (χ0v) is 13.1. The summed E-state index contributed by atoms with van der Waals surface area (Å²) in [7, 11) is 0. The van der Waals surface area contributed by atoms with Crippen LogP contribution in [0.2, 0.25) is 5.02 Å². The summed E-state index contributed by atoms with van der Waals surface area (Å²) in [4.78, 5) is 11.8. The molecule has 1 amide bonds. The number of nitrogens with one attached hydrogen (secondary N) is 2. The number of carbonyl (C=O) groups excluding carboxylic acids is 1. The molecule has 1 heterocycles. The summed E-state index contributed by atoms with van der Waals surface area (Å²) in [5.74, 6) is 0.802. The Bertz CT molecular complexity index is 403. The zero-order chi connectivity index (χ0) is 13.5. The molecule has 3 nitrogen and oxygen atoms in total. The Labute approximate surface area is 131 Å². The van der Waals surface area contributed by atoms with Crippen molar-refractivity contribution in [3.05, 3.63) is 34.9 Å². The molecule has 0 saturated carbocycles. The number of halogens is 2. The van der Waals surface area contributed by atoms with Gasteiger partial charge in [-0.25, -0.2) is 0 Å². The molecule has 1 aliphatic rings. The van der Waals surface area contributed by atoms with Crippen molar-refractivity contribution in [2.45, 2.75) is 25.7 Å². The first kappa shape index (κ1) is 17.3. The number of piperidine rings is 1. The van der Waals surface area contributed by atoms with E-state index in [2.05, 4.69) is 10.6 Å². The van der Waals surface area contributed by atoms with E-state index in [1.807, 2.05) is 24.3 Å². The lowest BCUT2D eigenvalue weighted by molar-refractivity contribution is -0.120. The molecule has 5 heteroatoms. The van der Waals surface area contributed by atoms with Gasteiger partial charge in [-0.05, 0) is 56.0 Å². The van der Waals surface area contributed by atoms with Crippen LogP contribution >= 0.6 is 24.0 Å². The molecule has 1 saturated heterocycles. The average molecular weight is 317 g/mol. The minimum atomic E-state index is 0. The molecule has 1 aromatic rings. The molecule has 0 aliphatic carbocycles. The Kier molecular flexibility index (Phi) is 7.97. The summed E-state index contributed by atoms with van der Waals surface area (Å²) in [6, 6.07) is 7.43. The van der Waals surface area contributed by atoms with E-state index in [4.69, 9.17) is 11.6 Å². The number of benzene rings is 1. The Morgan fingerprint density at radius 1 is 1.35 bits per heavy atom. The van der Waals surface area contributed by atoms with Gasteiger partial charge in [-0.2, -0.15) is 0 Å². The third kappa shape index (κ3) is 6.12. The van der Waals surface area contributed by atoms with E-state index in [0.717, 1.165) is 31.6 Å². The molecule has 1 aromatic carbocycles. The highest BCUT2D eigenvalue weighted by molar-refractivity contribution is 6.30. The molecule has 0 spiro atoms. The predicted octanol–water partition coefficient (Wildman–Crippen LogP) is 2.81. The first-order valence-corrected chi connectivity index (χ1v) is 7.33. The summed E-state index contributed by atoms with van der Waals surface area (Å²) >= 11 is 5.81. The smallest absolute Gasteiger partial charge is 0.224 e. The van der Waals surface area contributed by atoms with Gasteiger partial charge >= 0.3 is 0 Å². The highest BCUT2D eigenvalue weighted by atomic mass is 35.5. The number of amides is 1. The normalized spacial score (nSPS) is 18.1. The van der Waals surface area contributed by atoms with Gasteiger partial charge in [0, 0.05) is 11.6 Å². The van der Waals surface area contributed by atoms with Crippen LogP contribution in [0.3, 0.4) is 0 Å². The lowest BCUT2D eigenvalue weighted by atomic mass is 9.96. The molecule has 20 heavy (non-hydrogen) atoms. The van der Waals surface area contributed by atoms with Crippen LogP contribution in [0.1, 0.15) is 24.8 Å². The largest absolute Gasteiger partial charge is 0.356 e. The average Bonchev–Trinajstić information content (AvgIpc) is 2.43. The molecule has 1 fully saturated rings. The molecule has 1 aliphatic heterocycles. The topological polar surface area (TPSA) is 41.1 Å². The molecular weight excluding hydrogens is 295 g/mol. The van der Waals surface area contributed by atoms with Crippen molar-refractivity contribution in [1.29, 1.82) is 0 Å². The van der Waals surface area contributed by atoms with E-state index in [1.54, 1.807) is 0 Å². The minimum absolute atomic E-state index is 0. The first-order valence-electron chi connectivity index (χ1n) is 6.96. The number of hydrogen-bond acceptors (Lipinski definition) is 2. The summed E-state index contributed by atoms with van der Waals surface area (Å²) < 4.78 is 0. The lowest BCUT2D eigenvalue weighted by Crippen LogP contribution is -2.33. The van der Waals surface area contributed by atoms with Gasteiger partial charge in [0.25, 0.3) is 0 Å². The second kappa shape index (κ2) is 9.22. The van der Waals surface area contributed by atoms with Gasteiger partial charge in [0.1, 0.15) is 0 Å². The molecule has 2 N–H and O–H groups in total. The number of rotatable bonds is 5. The van der Waals surface area contributed by atoms with Crippen molar-refractivity contribution in [1.82, 2.24) is 10.6 Å². The fourth-order valence-corrected chi connectivity index (χ4v) is 2.56. The van der Waals surface area contributed by atoms with Crippen molar-refractivity contribution < 1.29 is 4.79 Å². The third-order valence-corrected chi connectivity index (χ3v) is 3.80. The highest BCUT2D eigenvalue weighted by Crippen LogP contribution is 2.13. The number of carbonyl (C=O) groups is 1. The summed E-state index contributed by atoms with van der Waals surface area (Å²) in [6.45, 7) is 3.01. The van der Waals surface area contributed by atoms with E-state index in [-0.39, 0.29) is 18.3 Å². The molecule has 0 aromatic heterocycles. The van der Waals surface area contributed by atoms with Crippen molar-refractivity contribution in [3.63, 3.8) is 0 Å². The van der Waals surface area contributed by atoms with E-state index < -0.39 is 0 Å². The third-order valence-electron chi connectivity index (χ3n) is 3.55. The van der Waals surface area contributed by atoms with Gasteiger partial charge in [-0.3, -0.25) is 4.79 Å². The predicted molar refractivity (Wildman–Crippen MR) is 85.6 cm³/mol. The molecule has 1 atom stereocenters. The Balaban J connectivity index is 0.00000200. The summed E-state index contributed by atoms with van der Waals surface area (Å²) in [6.07, 6.45) is 4.03. The van der Waals surface area contributed by atoms with Crippen molar-refractivity contribution in [3.8, 4) is 0 Å². The van der Waals surface area contributed by atoms with Gasteiger partial charge in [0.15, 0.2) is 0 Å². The van der Waals surface area contributed by atoms with E-state index in [0.29, 0.717) is 17.4 Å². The first-order chi connectivity index (χ1) is 9.24. The fraction of sp³-hybridized carbons (Fsp3) is 0.533. The fourth-order valence-electron chi connectivity index (χ4n) is 2.44. The second-order valence-corrected chi connectivity index (χ2v) is 5.59. The molecule has 1 unspecified atom stereocenters. The maximum Gasteiger partial charge on any atom is 0.224 e. The molecule has 112 valence electrons. The van der Waals surface area contributed by atoms with Crippen molar-refractivity contribution in [2.75, 3.05) is 19.6 Å². The van der Waals surface area contributed by atoms with Crippen LogP contribution < -0.4 is 10.6 Å². The quantitative estimate of drug-likeness (QED) is 0.877. The van der Waals surface area contributed by atoms with Gasteiger partial charge < -0.3 is 10.6 Å². The van der Waals surface area contributed by atoms with Crippen LogP contribution in [0, 0.1) is 5.92 Å². The van der Waals surface area contributed by atoms with E-state index >= 15 is 0 Å². The van der Waals surface area contributed by atoms with Crippen molar-refractivity contribution in [2.24, 2.45) is 5.92 Å². The van der Waals surface area contributed by atoms with Gasteiger partial charge in [0.2, 0.25) is 5.91 Å². The van der Waals surface area contributed by atoms with Crippen molar-refractivity contribution >= 4 is 29.9 Å². The number of hydrogen-bond donors (Lipinski definition) is 2. The highest BCUT2D eigenvalue weighted by Gasteiger charge is 2.12. The summed E-state index contributed by atoms with van der Waals surface area (Å²) in [5.41, 5.74) is 1.00. The monoisotopic (exact) mass is 316 g/mol. The minimum Gasteiger partial charge on any atom is -0.356 e. The zero-order valence-electron chi connectivity index (χ0n) is 11.5. The van der Waals surface area contributed by atoms with Crippen LogP contribution in [0.5, 0.6) is 0 Å². The van der Waals surface area contributed by atoms with Gasteiger partial charge in [-0.15, -0.1) is 12.4 Å². The van der Waals surface area contributed by atoms with E-state index in [9.17, 15) is 4.79 Å². The summed E-state index contributed by atoms with van der Waals surface area (Å²) in [5, 5.41) is 7.09. The Morgan fingerprint density at radius 3 is 2.75 bits per heavy atom. The van der Waals surface area contributed by atoms with Gasteiger partial charge in [-0.1, -0.05) is 23.7 Å². The Hall–Kier alpha value is -0.770. The standard InChI is InChI=1S/C15H21ClN2O.ClH/c16-14-5-3-12(4-6-14)10-15(19)18-9-7-13-2-1-8-17-11-13;/h3-6,13,17H,1-2,7-11H2,(H,18,19);1H. The Morgan fingerprint density at radius 2 is 2.10 bits per heavy atom. The second-order valence-electron chi connectivity index (χ2n) is 5.15. The molecule has 0 bridgehead atoms. The van der Waals surface area contributed by atoms with Crippen LogP contribution in [0.4, 0.5) is 0 Å². The maximum atomic E-state index is 11.8. The molecule has 2 rings (SSSR count). The molecule has 0 radical (unpaired) electrons. The van der Waals surface area contributed by atoms with E-state index in [1.165, 1.54) is 12.8 Å².